The molecule has 2 aromatic rings. The molecular weight excluding hydrogens is 427 g/mol. The van der Waals surface area contributed by atoms with Gasteiger partial charge in [-0.1, -0.05) is 39.1 Å². The molecule has 0 unspecified atom stereocenters. The van der Waals surface area contributed by atoms with Crippen molar-refractivity contribution in [2.24, 2.45) is 0 Å². The fourth-order valence-corrected chi connectivity index (χ4v) is 3.17. The summed E-state index contributed by atoms with van der Waals surface area (Å²) in [7, 11) is -3.43. The first-order valence-corrected chi connectivity index (χ1v) is 9.63. The third-order valence-electron chi connectivity index (χ3n) is 2.70. The Bertz CT molecular complexity index is 872. The van der Waals surface area contributed by atoms with Crippen LogP contribution in [0.1, 0.15) is 10.4 Å². The highest BCUT2D eigenvalue weighted by atomic mass is 79.9. The van der Waals surface area contributed by atoms with Crippen LogP contribution >= 0.6 is 39.1 Å². The molecule has 0 spiro atoms. The van der Waals surface area contributed by atoms with Gasteiger partial charge in [-0.05, 0) is 36.4 Å². The van der Waals surface area contributed by atoms with E-state index in [1.807, 2.05) is 0 Å². The molecule has 0 bridgehead atoms. The summed E-state index contributed by atoms with van der Waals surface area (Å²) < 4.78 is 25.4. The second kappa shape index (κ2) is 7.09. The van der Waals surface area contributed by atoms with Gasteiger partial charge in [0.15, 0.2) is 0 Å². The van der Waals surface area contributed by atoms with E-state index in [2.05, 4.69) is 26.0 Å². The number of benzene rings is 2. The topological polar surface area (TPSA) is 75.3 Å². The molecule has 0 heterocycles. The molecule has 9 heteroatoms. The first-order valence-electron chi connectivity index (χ1n) is 6.19. The Morgan fingerprint density at radius 3 is 2.39 bits per heavy atom. The molecule has 122 valence electrons. The van der Waals surface area contributed by atoms with Crippen molar-refractivity contribution in [1.82, 2.24) is 0 Å². The van der Waals surface area contributed by atoms with E-state index in [4.69, 9.17) is 23.2 Å². The number of halogens is 3. The van der Waals surface area contributed by atoms with Gasteiger partial charge in [0.2, 0.25) is 10.0 Å². The van der Waals surface area contributed by atoms with Gasteiger partial charge in [-0.25, -0.2) is 8.42 Å². The number of nitrogens with one attached hydrogen (secondary N) is 2. The normalized spacial score (nSPS) is 11.1. The highest BCUT2D eigenvalue weighted by Crippen LogP contribution is 2.27. The minimum Gasteiger partial charge on any atom is -0.322 e. The Balaban J connectivity index is 2.22. The van der Waals surface area contributed by atoms with Gasteiger partial charge in [0.25, 0.3) is 5.91 Å². The van der Waals surface area contributed by atoms with Crippen LogP contribution in [0.2, 0.25) is 10.0 Å². The molecule has 5 nitrogen and oxygen atoms in total. The summed E-state index contributed by atoms with van der Waals surface area (Å²) in [5.74, 6) is -0.406. The molecule has 0 aromatic heterocycles. The summed E-state index contributed by atoms with van der Waals surface area (Å²) in [4.78, 5) is 12.2. The van der Waals surface area contributed by atoms with E-state index in [1.165, 1.54) is 18.2 Å². The molecule has 23 heavy (non-hydrogen) atoms. The molecule has 2 aromatic carbocycles. The molecule has 0 atom stereocenters. The SMILES string of the molecule is CS(=O)(=O)Nc1ccc(NC(=O)c2cc(Br)ccc2Cl)cc1Cl. The number of rotatable bonds is 4. The molecule has 0 saturated heterocycles. The average molecular weight is 438 g/mol. The van der Waals surface area contributed by atoms with E-state index in [1.54, 1.807) is 18.2 Å². The van der Waals surface area contributed by atoms with Crippen LogP contribution < -0.4 is 10.0 Å². The standard InChI is InChI=1S/C14H11BrCl2N2O3S/c1-23(21,22)19-13-5-3-9(7-12(13)17)18-14(20)10-6-8(15)2-4-11(10)16/h2-7,19H,1H3,(H,18,20). The minimum absolute atomic E-state index is 0.161. The quantitative estimate of drug-likeness (QED) is 0.745. The Morgan fingerprint density at radius 1 is 1.09 bits per heavy atom. The maximum absolute atomic E-state index is 12.2. The molecular formula is C14H11BrCl2N2O3S. The van der Waals surface area contributed by atoms with Gasteiger partial charge < -0.3 is 5.32 Å². The van der Waals surface area contributed by atoms with Crippen LogP contribution in [0.15, 0.2) is 40.9 Å². The minimum atomic E-state index is -3.43. The van der Waals surface area contributed by atoms with E-state index in [0.717, 1.165) is 10.7 Å². The highest BCUT2D eigenvalue weighted by molar-refractivity contribution is 9.10. The first-order chi connectivity index (χ1) is 10.7. The zero-order valence-corrected chi connectivity index (χ0v) is 15.6. The molecule has 0 saturated carbocycles. The number of amides is 1. The zero-order chi connectivity index (χ0) is 17.2. The van der Waals surface area contributed by atoms with Crippen LogP contribution in [-0.2, 0) is 10.0 Å². The third-order valence-corrected chi connectivity index (χ3v) is 4.42. The van der Waals surface area contributed by atoms with Crippen molar-refractivity contribution in [3.05, 3.63) is 56.5 Å². The van der Waals surface area contributed by atoms with Crippen LogP contribution in [0.3, 0.4) is 0 Å². The summed E-state index contributed by atoms with van der Waals surface area (Å²) in [6.45, 7) is 0. The van der Waals surface area contributed by atoms with Crippen molar-refractivity contribution in [3.8, 4) is 0 Å². The lowest BCUT2D eigenvalue weighted by Gasteiger charge is -2.10. The van der Waals surface area contributed by atoms with Gasteiger partial charge in [-0.2, -0.15) is 0 Å². The summed E-state index contributed by atoms with van der Waals surface area (Å²) in [5, 5.41) is 3.12. The van der Waals surface area contributed by atoms with E-state index in [-0.39, 0.29) is 10.7 Å². The largest absolute Gasteiger partial charge is 0.322 e. The summed E-state index contributed by atoms with van der Waals surface area (Å²) in [6, 6.07) is 9.36. The van der Waals surface area contributed by atoms with E-state index in [0.29, 0.717) is 16.3 Å². The van der Waals surface area contributed by atoms with E-state index < -0.39 is 15.9 Å². The van der Waals surface area contributed by atoms with E-state index in [9.17, 15) is 13.2 Å². The predicted molar refractivity (Wildman–Crippen MR) is 97.0 cm³/mol. The molecule has 0 radical (unpaired) electrons. The fourth-order valence-electron chi connectivity index (χ4n) is 1.75. The second-order valence-electron chi connectivity index (χ2n) is 4.65. The van der Waals surface area contributed by atoms with Gasteiger partial charge in [-0.15, -0.1) is 0 Å². The summed E-state index contributed by atoms with van der Waals surface area (Å²) >= 11 is 15.3. The van der Waals surface area contributed by atoms with Crippen LogP contribution in [0.5, 0.6) is 0 Å². The van der Waals surface area contributed by atoms with Gasteiger partial charge in [-0.3, -0.25) is 9.52 Å². The van der Waals surface area contributed by atoms with Crippen molar-refractivity contribution in [1.29, 1.82) is 0 Å². The van der Waals surface area contributed by atoms with Crippen LogP contribution in [0, 0.1) is 0 Å². The fraction of sp³-hybridized carbons (Fsp3) is 0.0714. The van der Waals surface area contributed by atoms with Crippen molar-refractivity contribution >= 4 is 66.4 Å². The molecule has 0 aliphatic rings. The number of sulfonamides is 1. The Labute approximate surface area is 152 Å². The maximum atomic E-state index is 12.2. The predicted octanol–water partition coefficient (Wildman–Crippen LogP) is 4.38. The van der Waals surface area contributed by atoms with Crippen LogP contribution in [-0.4, -0.2) is 20.6 Å². The Kier molecular flexibility index (Phi) is 5.57. The number of carbonyl (C=O) groups is 1. The van der Waals surface area contributed by atoms with Crippen molar-refractivity contribution < 1.29 is 13.2 Å². The van der Waals surface area contributed by atoms with Crippen LogP contribution in [0.4, 0.5) is 11.4 Å². The second-order valence-corrected chi connectivity index (χ2v) is 8.13. The average Bonchev–Trinajstić information content (AvgIpc) is 2.43. The highest BCUT2D eigenvalue weighted by Gasteiger charge is 2.13. The van der Waals surface area contributed by atoms with Crippen molar-refractivity contribution in [3.63, 3.8) is 0 Å². The smallest absolute Gasteiger partial charge is 0.257 e. The van der Waals surface area contributed by atoms with E-state index >= 15 is 0 Å². The van der Waals surface area contributed by atoms with Gasteiger partial charge in [0, 0.05) is 10.2 Å². The third kappa shape index (κ3) is 5.10. The summed E-state index contributed by atoms with van der Waals surface area (Å²) in [5.41, 5.74) is 0.943. The summed E-state index contributed by atoms with van der Waals surface area (Å²) in [6.07, 6.45) is 1.02. The molecule has 2 N–H and O–H groups in total. The molecule has 1 amide bonds. The van der Waals surface area contributed by atoms with Gasteiger partial charge in [0.1, 0.15) is 0 Å². The Morgan fingerprint density at radius 2 is 1.78 bits per heavy atom. The van der Waals surface area contributed by atoms with Crippen molar-refractivity contribution in [2.75, 3.05) is 16.3 Å². The lowest BCUT2D eigenvalue weighted by atomic mass is 10.2. The lowest BCUT2D eigenvalue weighted by molar-refractivity contribution is 0.102. The van der Waals surface area contributed by atoms with Gasteiger partial charge >= 0.3 is 0 Å². The van der Waals surface area contributed by atoms with Crippen LogP contribution in [0.25, 0.3) is 0 Å². The van der Waals surface area contributed by atoms with Crippen molar-refractivity contribution in [2.45, 2.75) is 0 Å². The molecule has 0 fully saturated rings. The lowest BCUT2D eigenvalue weighted by Crippen LogP contribution is -2.13. The first kappa shape index (κ1) is 18.1. The molecule has 0 aliphatic heterocycles. The number of hydrogen-bond donors (Lipinski definition) is 2. The number of hydrogen-bond acceptors (Lipinski definition) is 3. The molecule has 2 rings (SSSR count). The number of carbonyl (C=O) groups excluding carboxylic acids is 1. The maximum Gasteiger partial charge on any atom is 0.257 e. The monoisotopic (exact) mass is 436 g/mol. The number of anilines is 2. The van der Waals surface area contributed by atoms with Gasteiger partial charge in [0.05, 0.1) is 27.6 Å². The molecule has 0 aliphatic carbocycles. The Hall–Kier alpha value is -1.28. The zero-order valence-electron chi connectivity index (χ0n) is 11.7.